The van der Waals surface area contributed by atoms with Crippen molar-refractivity contribution in [1.82, 2.24) is 0 Å². The van der Waals surface area contributed by atoms with Gasteiger partial charge < -0.3 is 11.5 Å². The molecule has 1 fully saturated rings. The third kappa shape index (κ3) is 5.44. The molecule has 0 heterocycles. The fourth-order valence-electron chi connectivity index (χ4n) is 4.50. The van der Waals surface area contributed by atoms with Crippen LogP contribution in [0.1, 0.15) is 74.1 Å². The molecule has 0 bridgehead atoms. The van der Waals surface area contributed by atoms with Gasteiger partial charge in [0, 0.05) is 15.8 Å². The molecule has 2 nitrogen and oxygen atoms in total. The summed E-state index contributed by atoms with van der Waals surface area (Å²) in [7, 11) is 0. The summed E-state index contributed by atoms with van der Waals surface area (Å²) in [5.41, 5.74) is 12.6. The Balaban J connectivity index is 3.04. The minimum absolute atomic E-state index is 0.0629. The summed E-state index contributed by atoms with van der Waals surface area (Å²) in [6, 6.07) is 0. The highest BCUT2D eigenvalue weighted by Gasteiger charge is 2.46. The van der Waals surface area contributed by atoms with Crippen LogP contribution in [0.3, 0.4) is 0 Å². The normalized spacial score (nSPS) is 32.3. The number of nitrogens with two attached hydrogens (primary N) is 2. The van der Waals surface area contributed by atoms with Crippen molar-refractivity contribution in [2.45, 2.75) is 90.0 Å². The van der Waals surface area contributed by atoms with Gasteiger partial charge in [-0.05, 0) is 70.6 Å². The second-order valence-electron chi connectivity index (χ2n) is 9.28. The SMILES string of the molecule is CCC1CC(CC(C)(C)N)C(C(C)(C)N)CC1C(C)(C)S. The smallest absolute Gasteiger partial charge is 0.0128 e. The molecule has 0 aromatic rings. The van der Waals surface area contributed by atoms with Gasteiger partial charge in [0.15, 0.2) is 0 Å². The zero-order valence-corrected chi connectivity index (χ0v) is 16.1. The summed E-state index contributed by atoms with van der Waals surface area (Å²) in [4.78, 5) is 0. The summed E-state index contributed by atoms with van der Waals surface area (Å²) >= 11 is 4.90. The summed E-state index contributed by atoms with van der Waals surface area (Å²) in [6.45, 7) is 15.5. The van der Waals surface area contributed by atoms with Crippen LogP contribution in [0.2, 0.25) is 0 Å². The van der Waals surface area contributed by atoms with E-state index in [1.54, 1.807) is 0 Å². The van der Waals surface area contributed by atoms with E-state index in [0.717, 1.165) is 12.3 Å². The molecule has 0 spiro atoms. The maximum atomic E-state index is 6.55. The van der Waals surface area contributed by atoms with Gasteiger partial charge in [0.25, 0.3) is 0 Å². The predicted octanol–water partition coefficient (Wildman–Crippen LogP) is 4.23. The molecule has 1 aliphatic rings. The van der Waals surface area contributed by atoms with E-state index in [2.05, 4.69) is 48.5 Å². The van der Waals surface area contributed by atoms with E-state index in [4.69, 9.17) is 24.1 Å². The second kappa shape index (κ2) is 6.41. The predicted molar refractivity (Wildman–Crippen MR) is 97.7 cm³/mol. The third-order valence-corrected chi connectivity index (χ3v) is 5.76. The maximum Gasteiger partial charge on any atom is 0.0128 e. The van der Waals surface area contributed by atoms with Crippen molar-refractivity contribution in [3.63, 3.8) is 0 Å². The molecule has 0 radical (unpaired) electrons. The number of rotatable bonds is 5. The summed E-state index contributed by atoms with van der Waals surface area (Å²) in [6.07, 6.45) is 4.72. The Kier molecular flexibility index (Phi) is 5.90. The van der Waals surface area contributed by atoms with Gasteiger partial charge in [-0.1, -0.05) is 27.2 Å². The first-order valence-electron chi connectivity index (χ1n) is 8.56. The first-order chi connectivity index (χ1) is 9.25. The van der Waals surface area contributed by atoms with Crippen LogP contribution in [0.5, 0.6) is 0 Å². The first kappa shape index (κ1) is 19.3. The van der Waals surface area contributed by atoms with Crippen molar-refractivity contribution in [3.8, 4) is 0 Å². The molecule has 0 aromatic carbocycles. The van der Waals surface area contributed by atoms with Crippen LogP contribution in [0.25, 0.3) is 0 Å². The molecule has 126 valence electrons. The number of hydrogen-bond donors (Lipinski definition) is 3. The third-order valence-electron chi connectivity index (χ3n) is 5.43. The standard InChI is InChI=1S/C18H38N2S/c1-8-12-9-13(11-16(2,3)19)14(17(4,5)20)10-15(12)18(6,7)21/h12-15,21H,8-11,19-20H2,1-7H3. The lowest BCUT2D eigenvalue weighted by atomic mass is 9.58. The number of hydrogen-bond acceptors (Lipinski definition) is 3. The molecule has 0 aliphatic heterocycles. The highest BCUT2D eigenvalue weighted by Crippen LogP contribution is 2.50. The van der Waals surface area contributed by atoms with Crippen molar-refractivity contribution < 1.29 is 0 Å². The zero-order chi connectivity index (χ0) is 16.6. The van der Waals surface area contributed by atoms with Gasteiger partial charge in [-0.25, -0.2) is 0 Å². The Hall–Kier alpha value is 0.270. The van der Waals surface area contributed by atoms with Crippen molar-refractivity contribution in [2.24, 2.45) is 35.1 Å². The van der Waals surface area contributed by atoms with Crippen molar-refractivity contribution in [3.05, 3.63) is 0 Å². The lowest BCUT2D eigenvalue weighted by Crippen LogP contribution is -2.53. The van der Waals surface area contributed by atoms with Gasteiger partial charge >= 0.3 is 0 Å². The summed E-state index contributed by atoms with van der Waals surface area (Å²) in [5, 5.41) is 0. The Labute approximate surface area is 138 Å². The molecular weight excluding hydrogens is 276 g/mol. The van der Waals surface area contributed by atoms with E-state index >= 15 is 0 Å². The minimum Gasteiger partial charge on any atom is -0.326 e. The molecule has 0 aromatic heterocycles. The Morgan fingerprint density at radius 2 is 1.43 bits per heavy atom. The van der Waals surface area contributed by atoms with Crippen molar-refractivity contribution in [2.75, 3.05) is 0 Å². The summed E-state index contributed by atoms with van der Waals surface area (Å²) < 4.78 is 0.0629. The van der Waals surface area contributed by atoms with E-state index in [0.29, 0.717) is 17.8 Å². The topological polar surface area (TPSA) is 52.0 Å². The van der Waals surface area contributed by atoms with E-state index in [1.165, 1.54) is 19.3 Å². The zero-order valence-electron chi connectivity index (χ0n) is 15.2. The van der Waals surface area contributed by atoms with Crippen LogP contribution < -0.4 is 11.5 Å². The van der Waals surface area contributed by atoms with Gasteiger partial charge in [0.2, 0.25) is 0 Å². The van der Waals surface area contributed by atoms with Crippen LogP contribution in [-0.2, 0) is 0 Å². The molecule has 0 amide bonds. The highest BCUT2D eigenvalue weighted by atomic mass is 32.1. The quantitative estimate of drug-likeness (QED) is 0.665. The first-order valence-corrected chi connectivity index (χ1v) is 9.00. The second-order valence-corrected chi connectivity index (χ2v) is 10.4. The molecule has 1 rings (SSSR count). The average molecular weight is 315 g/mol. The fraction of sp³-hybridized carbons (Fsp3) is 1.00. The van der Waals surface area contributed by atoms with Crippen molar-refractivity contribution >= 4 is 12.6 Å². The molecule has 1 aliphatic carbocycles. The van der Waals surface area contributed by atoms with E-state index < -0.39 is 0 Å². The van der Waals surface area contributed by atoms with Crippen LogP contribution >= 0.6 is 12.6 Å². The van der Waals surface area contributed by atoms with Crippen LogP contribution in [-0.4, -0.2) is 15.8 Å². The Morgan fingerprint density at radius 3 is 1.76 bits per heavy atom. The molecule has 1 saturated carbocycles. The molecule has 3 heteroatoms. The molecule has 21 heavy (non-hydrogen) atoms. The highest BCUT2D eigenvalue weighted by molar-refractivity contribution is 7.81. The van der Waals surface area contributed by atoms with E-state index in [-0.39, 0.29) is 15.8 Å². The fourth-order valence-corrected chi connectivity index (χ4v) is 4.82. The van der Waals surface area contributed by atoms with Crippen LogP contribution in [0.15, 0.2) is 0 Å². The average Bonchev–Trinajstić information content (AvgIpc) is 2.22. The van der Waals surface area contributed by atoms with Gasteiger partial charge in [-0.15, -0.1) is 0 Å². The molecule has 4 atom stereocenters. The lowest BCUT2D eigenvalue weighted by molar-refractivity contribution is 0.0387. The van der Waals surface area contributed by atoms with Crippen LogP contribution in [0.4, 0.5) is 0 Å². The van der Waals surface area contributed by atoms with Crippen LogP contribution in [0, 0.1) is 23.7 Å². The van der Waals surface area contributed by atoms with E-state index in [1.807, 2.05) is 0 Å². The summed E-state index contributed by atoms with van der Waals surface area (Å²) in [5.74, 6) is 2.53. The molecule has 4 unspecified atom stereocenters. The lowest BCUT2D eigenvalue weighted by Gasteiger charge is -2.51. The molecule has 4 N–H and O–H groups in total. The number of thiol groups is 1. The monoisotopic (exact) mass is 314 g/mol. The Morgan fingerprint density at radius 1 is 0.905 bits per heavy atom. The van der Waals surface area contributed by atoms with E-state index in [9.17, 15) is 0 Å². The largest absolute Gasteiger partial charge is 0.326 e. The van der Waals surface area contributed by atoms with Gasteiger partial charge in [0.1, 0.15) is 0 Å². The Bertz CT molecular complexity index is 333. The molecular formula is C18H38N2S. The van der Waals surface area contributed by atoms with Gasteiger partial charge in [-0.3, -0.25) is 0 Å². The van der Waals surface area contributed by atoms with Crippen molar-refractivity contribution in [1.29, 1.82) is 0 Å². The van der Waals surface area contributed by atoms with Gasteiger partial charge in [0.05, 0.1) is 0 Å². The minimum atomic E-state index is -0.147. The molecule has 0 saturated heterocycles. The maximum absolute atomic E-state index is 6.55. The van der Waals surface area contributed by atoms with Gasteiger partial charge in [-0.2, -0.15) is 12.6 Å².